The van der Waals surface area contributed by atoms with Crippen molar-refractivity contribution >= 4 is 34.1 Å². The zero-order valence-electron chi connectivity index (χ0n) is 13.5. The lowest BCUT2D eigenvalue weighted by molar-refractivity contribution is -0.120. The first-order chi connectivity index (χ1) is 10.7. The van der Waals surface area contributed by atoms with Crippen molar-refractivity contribution in [1.29, 1.82) is 0 Å². The number of amides is 1. The van der Waals surface area contributed by atoms with Gasteiger partial charge in [-0.15, -0.1) is 10.2 Å². The molecule has 0 radical (unpaired) electrons. The van der Waals surface area contributed by atoms with Crippen LogP contribution >= 0.6 is 23.1 Å². The van der Waals surface area contributed by atoms with Gasteiger partial charge in [0.25, 0.3) is 0 Å². The molecule has 5 nitrogen and oxygen atoms in total. The highest BCUT2D eigenvalue weighted by molar-refractivity contribution is 8.01. The topological polar surface area (TPSA) is 58.1 Å². The number of nitrogens with one attached hydrogen (secondary N) is 1. The van der Waals surface area contributed by atoms with Gasteiger partial charge in [0, 0.05) is 18.2 Å². The van der Waals surface area contributed by atoms with Crippen molar-refractivity contribution in [3.05, 3.63) is 0 Å². The van der Waals surface area contributed by atoms with Crippen LogP contribution in [0.15, 0.2) is 4.34 Å². The Morgan fingerprint density at radius 2 is 2.00 bits per heavy atom. The Kier molecular flexibility index (Phi) is 7.62. The number of hydrogen-bond acceptors (Lipinski definition) is 6. The molecule has 0 aliphatic carbocycles. The number of nitrogens with zero attached hydrogens (tertiary/aromatic N) is 3. The number of likely N-dealkylation sites (tertiary alicyclic amines) is 1. The summed E-state index contributed by atoms with van der Waals surface area (Å²) in [4.78, 5) is 14.5. The van der Waals surface area contributed by atoms with E-state index < -0.39 is 0 Å². The van der Waals surface area contributed by atoms with E-state index in [0.717, 1.165) is 29.5 Å². The highest BCUT2D eigenvalue weighted by Gasteiger charge is 2.16. The third-order valence-corrected chi connectivity index (χ3v) is 6.03. The largest absolute Gasteiger partial charge is 0.303 e. The zero-order valence-corrected chi connectivity index (χ0v) is 15.1. The van der Waals surface area contributed by atoms with Gasteiger partial charge in [0.15, 0.2) is 4.34 Å². The summed E-state index contributed by atoms with van der Waals surface area (Å²) < 4.78 is 0.942. The molecule has 124 valence electrons. The maximum Gasteiger partial charge on any atom is 0.229 e. The Balaban J connectivity index is 1.72. The van der Waals surface area contributed by atoms with Crippen LogP contribution in [0.5, 0.6) is 0 Å². The molecule has 1 aromatic rings. The van der Waals surface area contributed by atoms with Crippen LogP contribution in [-0.4, -0.2) is 46.4 Å². The van der Waals surface area contributed by atoms with E-state index in [1.54, 1.807) is 11.8 Å². The molecule has 0 unspecified atom stereocenters. The molecule has 0 saturated carbocycles. The van der Waals surface area contributed by atoms with E-state index in [2.05, 4.69) is 20.4 Å². The van der Waals surface area contributed by atoms with Gasteiger partial charge >= 0.3 is 0 Å². The van der Waals surface area contributed by atoms with Gasteiger partial charge in [-0.25, -0.2) is 0 Å². The number of anilines is 1. The molecule has 0 atom stereocenters. The molecular formula is C15H26N4OS2. The van der Waals surface area contributed by atoms with E-state index in [-0.39, 0.29) is 11.8 Å². The predicted molar refractivity (Wildman–Crippen MR) is 93.6 cm³/mol. The number of piperidine rings is 1. The molecule has 0 aromatic carbocycles. The summed E-state index contributed by atoms with van der Waals surface area (Å²) in [6.07, 6.45) is 5.75. The van der Waals surface area contributed by atoms with Gasteiger partial charge in [-0.3, -0.25) is 4.79 Å². The quantitative estimate of drug-likeness (QED) is 0.579. The van der Waals surface area contributed by atoms with Crippen LogP contribution in [0.1, 0.15) is 46.0 Å². The second kappa shape index (κ2) is 9.47. The number of rotatable bonds is 8. The lowest BCUT2D eigenvalue weighted by Gasteiger charge is -2.25. The summed E-state index contributed by atoms with van der Waals surface area (Å²) in [5.74, 6) is 1.17. The van der Waals surface area contributed by atoms with Crippen LogP contribution in [0.3, 0.4) is 0 Å². The number of aromatic nitrogens is 2. The number of thioether (sulfide) groups is 1. The maximum absolute atomic E-state index is 12.0. The van der Waals surface area contributed by atoms with Gasteiger partial charge in [-0.1, -0.05) is 43.4 Å². The van der Waals surface area contributed by atoms with Gasteiger partial charge < -0.3 is 10.2 Å². The molecule has 1 aliphatic heterocycles. The molecule has 1 aromatic heterocycles. The summed E-state index contributed by atoms with van der Waals surface area (Å²) >= 11 is 3.21. The summed E-state index contributed by atoms with van der Waals surface area (Å²) in [5, 5.41) is 11.7. The van der Waals surface area contributed by atoms with Gasteiger partial charge in [-0.2, -0.15) is 0 Å². The lowest BCUT2D eigenvalue weighted by Crippen LogP contribution is -2.31. The molecule has 0 spiro atoms. The molecule has 2 heterocycles. The van der Waals surface area contributed by atoms with Gasteiger partial charge in [0.1, 0.15) is 0 Å². The third-order valence-electron chi connectivity index (χ3n) is 4.07. The molecule has 7 heteroatoms. The van der Waals surface area contributed by atoms with Crippen molar-refractivity contribution < 1.29 is 4.79 Å². The molecule has 22 heavy (non-hydrogen) atoms. The van der Waals surface area contributed by atoms with E-state index in [1.165, 1.54) is 43.7 Å². The third kappa shape index (κ3) is 5.52. The summed E-state index contributed by atoms with van der Waals surface area (Å²) in [6, 6.07) is 0. The summed E-state index contributed by atoms with van der Waals surface area (Å²) in [5.41, 5.74) is 0. The molecule has 1 aliphatic rings. The first kappa shape index (κ1) is 17.7. The van der Waals surface area contributed by atoms with E-state index in [9.17, 15) is 4.79 Å². The van der Waals surface area contributed by atoms with Crippen LogP contribution < -0.4 is 5.32 Å². The molecule has 2 rings (SSSR count). The minimum absolute atomic E-state index is 0.0611. The van der Waals surface area contributed by atoms with Gasteiger partial charge in [-0.05, 0) is 38.8 Å². The molecule has 1 fully saturated rings. The molecule has 1 saturated heterocycles. The van der Waals surface area contributed by atoms with E-state index in [4.69, 9.17) is 0 Å². The zero-order chi connectivity index (χ0) is 15.8. The first-order valence-electron chi connectivity index (χ1n) is 8.22. The second-order valence-electron chi connectivity index (χ2n) is 5.63. The Bertz CT molecular complexity index is 456. The number of hydrogen-bond donors (Lipinski definition) is 1. The van der Waals surface area contributed by atoms with Crippen LogP contribution in [0.2, 0.25) is 0 Å². The molecule has 1 amide bonds. The summed E-state index contributed by atoms with van der Waals surface area (Å²) in [7, 11) is 0. The van der Waals surface area contributed by atoms with Crippen molar-refractivity contribution in [2.45, 2.75) is 50.3 Å². The average molecular weight is 343 g/mol. The lowest BCUT2D eigenvalue weighted by atomic mass is 10.0. The molecule has 0 bridgehead atoms. The molecule has 1 N–H and O–H groups in total. The van der Waals surface area contributed by atoms with Crippen molar-refractivity contribution in [2.75, 3.05) is 30.7 Å². The monoisotopic (exact) mass is 342 g/mol. The Hall–Kier alpha value is -0.660. The van der Waals surface area contributed by atoms with E-state index in [1.807, 2.05) is 13.8 Å². The van der Waals surface area contributed by atoms with Crippen molar-refractivity contribution in [3.63, 3.8) is 0 Å². The van der Waals surface area contributed by atoms with Crippen LogP contribution in [-0.2, 0) is 4.79 Å². The number of carbonyl (C=O) groups is 1. The SMILES string of the molecule is CCC(CC)C(=O)Nc1nnc(SCCN2CCCCC2)s1. The van der Waals surface area contributed by atoms with E-state index >= 15 is 0 Å². The minimum Gasteiger partial charge on any atom is -0.303 e. The van der Waals surface area contributed by atoms with Crippen LogP contribution in [0.4, 0.5) is 5.13 Å². The Morgan fingerprint density at radius 1 is 1.27 bits per heavy atom. The standard InChI is InChI=1S/C15H26N4OS2/c1-3-12(4-2)13(20)16-14-17-18-15(22-14)21-11-10-19-8-6-5-7-9-19/h12H,3-11H2,1-2H3,(H,16,17,20). The van der Waals surface area contributed by atoms with Crippen LogP contribution in [0, 0.1) is 5.92 Å². The fraction of sp³-hybridized carbons (Fsp3) is 0.800. The van der Waals surface area contributed by atoms with E-state index in [0.29, 0.717) is 5.13 Å². The predicted octanol–water partition coefficient (Wildman–Crippen LogP) is 3.49. The van der Waals surface area contributed by atoms with Gasteiger partial charge in [0.2, 0.25) is 11.0 Å². The van der Waals surface area contributed by atoms with Crippen molar-refractivity contribution in [2.24, 2.45) is 5.92 Å². The fourth-order valence-corrected chi connectivity index (χ4v) is 4.46. The van der Waals surface area contributed by atoms with Gasteiger partial charge in [0.05, 0.1) is 0 Å². The smallest absolute Gasteiger partial charge is 0.229 e. The second-order valence-corrected chi connectivity index (χ2v) is 7.95. The Labute approximate surface area is 141 Å². The highest BCUT2D eigenvalue weighted by atomic mass is 32.2. The normalized spacial score (nSPS) is 16.1. The van der Waals surface area contributed by atoms with Crippen LogP contribution in [0.25, 0.3) is 0 Å². The molecular weight excluding hydrogens is 316 g/mol. The Morgan fingerprint density at radius 3 is 2.68 bits per heavy atom. The first-order valence-corrected chi connectivity index (χ1v) is 10.0. The van der Waals surface area contributed by atoms with Crippen molar-refractivity contribution in [3.8, 4) is 0 Å². The minimum atomic E-state index is 0.0611. The van der Waals surface area contributed by atoms with Crippen molar-refractivity contribution in [1.82, 2.24) is 15.1 Å². The summed E-state index contributed by atoms with van der Waals surface area (Å²) in [6.45, 7) is 7.64. The highest BCUT2D eigenvalue weighted by Crippen LogP contribution is 2.26. The number of carbonyl (C=O) groups excluding carboxylic acids is 1. The fourth-order valence-electron chi connectivity index (χ4n) is 2.63. The maximum atomic E-state index is 12.0. The average Bonchev–Trinajstić information content (AvgIpc) is 2.97.